The van der Waals surface area contributed by atoms with Gasteiger partial charge in [-0.25, -0.2) is 0 Å². The topological polar surface area (TPSA) is 125 Å². The number of amides is 3. The molecule has 4 N–H and O–H groups in total. The monoisotopic (exact) mass is 363 g/mol. The Labute approximate surface area is 152 Å². The summed E-state index contributed by atoms with van der Waals surface area (Å²) < 4.78 is 0. The van der Waals surface area contributed by atoms with Gasteiger partial charge in [-0.05, 0) is 29.7 Å². The van der Waals surface area contributed by atoms with Gasteiger partial charge in [0.1, 0.15) is 0 Å². The fourth-order valence-electron chi connectivity index (χ4n) is 2.02. The van der Waals surface area contributed by atoms with Gasteiger partial charge in [0, 0.05) is 24.2 Å². The van der Waals surface area contributed by atoms with Gasteiger partial charge in [-0.3, -0.25) is 19.2 Å². The molecule has 142 valence electrons. The van der Waals surface area contributed by atoms with Crippen LogP contribution in [0.4, 0.5) is 5.69 Å². The van der Waals surface area contributed by atoms with Crippen molar-refractivity contribution in [3.05, 3.63) is 29.8 Å². The molecule has 0 saturated heterocycles. The Morgan fingerprint density at radius 2 is 1.58 bits per heavy atom. The molecule has 1 aromatic rings. The molecular weight excluding hydrogens is 338 g/mol. The first kappa shape index (κ1) is 21.1. The maximum Gasteiger partial charge on any atom is 0.305 e. The normalized spacial score (nSPS) is 10.7. The Kier molecular flexibility index (Phi) is 7.77. The van der Waals surface area contributed by atoms with Crippen molar-refractivity contribution < 1.29 is 24.3 Å². The number of benzene rings is 1. The third-order valence-electron chi connectivity index (χ3n) is 3.19. The summed E-state index contributed by atoms with van der Waals surface area (Å²) in [6, 6.07) is 6.15. The van der Waals surface area contributed by atoms with Crippen LogP contribution in [0.2, 0.25) is 0 Å². The molecule has 8 heteroatoms. The van der Waals surface area contributed by atoms with Crippen molar-refractivity contribution in [1.82, 2.24) is 10.6 Å². The highest BCUT2D eigenvalue weighted by Crippen LogP contribution is 2.17. The quantitative estimate of drug-likeness (QED) is 0.555. The number of carbonyl (C=O) groups excluding carboxylic acids is 3. The van der Waals surface area contributed by atoms with Crippen LogP contribution in [0.1, 0.15) is 44.0 Å². The van der Waals surface area contributed by atoms with Crippen molar-refractivity contribution in [3.63, 3.8) is 0 Å². The van der Waals surface area contributed by atoms with E-state index in [-0.39, 0.29) is 36.7 Å². The Bertz CT molecular complexity index is 662. The lowest BCUT2D eigenvalue weighted by Crippen LogP contribution is -2.34. The number of rotatable bonds is 8. The van der Waals surface area contributed by atoms with Crippen LogP contribution in [0, 0.1) is 5.41 Å². The molecule has 26 heavy (non-hydrogen) atoms. The number of anilines is 1. The summed E-state index contributed by atoms with van der Waals surface area (Å²) in [5.41, 5.74) is 0.690. The van der Waals surface area contributed by atoms with Crippen LogP contribution in [0.5, 0.6) is 0 Å². The highest BCUT2D eigenvalue weighted by atomic mass is 16.4. The highest BCUT2D eigenvalue weighted by molar-refractivity contribution is 5.97. The van der Waals surface area contributed by atoms with Gasteiger partial charge >= 0.3 is 5.97 Å². The number of carboxylic acid groups (broad SMARTS) is 1. The number of carbonyl (C=O) groups is 4. The van der Waals surface area contributed by atoms with Gasteiger partial charge in [0.15, 0.2) is 0 Å². The number of nitrogens with one attached hydrogen (secondary N) is 3. The number of hydrogen-bond donors (Lipinski definition) is 4. The molecule has 0 aliphatic carbocycles. The van der Waals surface area contributed by atoms with Crippen molar-refractivity contribution in [2.45, 2.75) is 33.6 Å². The molecule has 0 spiro atoms. The molecule has 3 amide bonds. The van der Waals surface area contributed by atoms with E-state index < -0.39 is 11.9 Å². The molecule has 0 bridgehead atoms. The zero-order valence-electron chi connectivity index (χ0n) is 15.2. The summed E-state index contributed by atoms with van der Waals surface area (Å²) in [6.45, 7) is 5.72. The average Bonchev–Trinajstić information content (AvgIpc) is 2.51. The van der Waals surface area contributed by atoms with E-state index in [9.17, 15) is 19.2 Å². The number of hydrogen-bond acceptors (Lipinski definition) is 4. The van der Waals surface area contributed by atoms with Gasteiger partial charge in [0.2, 0.25) is 11.8 Å². The fraction of sp³-hybridized carbons (Fsp3) is 0.444. The second kappa shape index (κ2) is 9.55. The molecule has 0 radical (unpaired) electrons. The molecule has 0 aliphatic heterocycles. The van der Waals surface area contributed by atoms with Crippen molar-refractivity contribution in [2.75, 3.05) is 18.4 Å². The minimum atomic E-state index is -0.988. The van der Waals surface area contributed by atoms with E-state index in [4.69, 9.17) is 5.11 Å². The van der Waals surface area contributed by atoms with Gasteiger partial charge in [-0.2, -0.15) is 0 Å². The Balaban J connectivity index is 2.44. The highest BCUT2D eigenvalue weighted by Gasteiger charge is 2.16. The summed E-state index contributed by atoms with van der Waals surface area (Å²) in [5.74, 6) is -1.94. The van der Waals surface area contributed by atoms with E-state index in [0.717, 1.165) is 0 Å². The van der Waals surface area contributed by atoms with E-state index in [1.54, 1.807) is 12.1 Å². The zero-order valence-corrected chi connectivity index (χ0v) is 15.2. The second-order valence-electron chi connectivity index (χ2n) is 7.04. The zero-order chi connectivity index (χ0) is 19.7. The van der Waals surface area contributed by atoms with Crippen molar-refractivity contribution >= 4 is 29.4 Å². The lowest BCUT2D eigenvalue weighted by Gasteiger charge is -2.17. The molecule has 1 rings (SSSR count). The Hall–Kier alpha value is -2.90. The van der Waals surface area contributed by atoms with Gasteiger partial charge in [0.25, 0.3) is 5.91 Å². The predicted octanol–water partition coefficient (Wildman–Crippen LogP) is 1.38. The molecular formula is C18H25N3O5. The molecule has 0 saturated carbocycles. The lowest BCUT2D eigenvalue weighted by molar-refractivity contribution is -0.136. The third-order valence-corrected chi connectivity index (χ3v) is 3.19. The number of carboxylic acids is 1. The van der Waals surface area contributed by atoms with Crippen LogP contribution >= 0.6 is 0 Å². The van der Waals surface area contributed by atoms with Crippen molar-refractivity contribution in [3.8, 4) is 0 Å². The maximum atomic E-state index is 11.8. The van der Waals surface area contributed by atoms with Gasteiger partial charge in [0.05, 0.1) is 13.0 Å². The van der Waals surface area contributed by atoms with Crippen LogP contribution in [-0.2, 0) is 14.4 Å². The summed E-state index contributed by atoms with van der Waals surface area (Å²) in [4.78, 5) is 45.8. The molecule has 0 fully saturated rings. The standard InChI is InChI=1S/C18H25N3O5/c1-18(2,3)10-14(22)20-11-15(23)21-13-6-4-12(5-7-13)17(26)19-9-8-16(24)25/h4-7H,8-11H2,1-3H3,(H,19,26)(H,20,22)(H,21,23)(H,24,25). The molecule has 1 aromatic carbocycles. The van der Waals surface area contributed by atoms with Crippen LogP contribution in [-0.4, -0.2) is 41.9 Å². The summed E-state index contributed by atoms with van der Waals surface area (Å²) in [6.07, 6.45) is 0.173. The molecule has 0 unspecified atom stereocenters. The van der Waals surface area contributed by atoms with Gasteiger partial charge in [-0.1, -0.05) is 20.8 Å². The van der Waals surface area contributed by atoms with Crippen LogP contribution in [0.3, 0.4) is 0 Å². The Morgan fingerprint density at radius 1 is 0.962 bits per heavy atom. The smallest absolute Gasteiger partial charge is 0.305 e. The van der Waals surface area contributed by atoms with Crippen molar-refractivity contribution in [1.29, 1.82) is 0 Å². The summed E-state index contributed by atoms with van der Waals surface area (Å²) >= 11 is 0. The van der Waals surface area contributed by atoms with E-state index >= 15 is 0 Å². The predicted molar refractivity (Wildman–Crippen MR) is 96.7 cm³/mol. The first-order valence-corrected chi connectivity index (χ1v) is 8.23. The SMILES string of the molecule is CC(C)(C)CC(=O)NCC(=O)Nc1ccc(C(=O)NCCC(=O)O)cc1. The van der Waals surface area contributed by atoms with Gasteiger partial charge < -0.3 is 21.1 Å². The number of aliphatic carboxylic acids is 1. The molecule has 0 atom stereocenters. The summed E-state index contributed by atoms with van der Waals surface area (Å²) in [7, 11) is 0. The molecule has 0 aliphatic rings. The molecule has 0 heterocycles. The van der Waals surface area contributed by atoms with Gasteiger partial charge in [-0.15, -0.1) is 0 Å². The van der Waals surface area contributed by atoms with Crippen LogP contribution < -0.4 is 16.0 Å². The van der Waals surface area contributed by atoms with E-state index in [2.05, 4.69) is 16.0 Å². The largest absolute Gasteiger partial charge is 0.481 e. The lowest BCUT2D eigenvalue weighted by atomic mass is 9.92. The minimum Gasteiger partial charge on any atom is -0.481 e. The van der Waals surface area contributed by atoms with E-state index in [0.29, 0.717) is 17.7 Å². The first-order chi connectivity index (χ1) is 12.1. The third kappa shape index (κ3) is 8.81. The fourth-order valence-corrected chi connectivity index (χ4v) is 2.02. The first-order valence-electron chi connectivity index (χ1n) is 8.23. The van der Waals surface area contributed by atoms with Crippen molar-refractivity contribution in [2.24, 2.45) is 5.41 Å². The molecule has 8 nitrogen and oxygen atoms in total. The van der Waals surface area contributed by atoms with E-state index in [1.165, 1.54) is 12.1 Å². The Morgan fingerprint density at radius 3 is 2.12 bits per heavy atom. The summed E-state index contributed by atoms with van der Waals surface area (Å²) in [5, 5.41) is 16.2. The van der Waals surface area contributed by atoms with Crippen LogP contribution in [0.15, 0.2) is 24.3 Å². The van der Waals surface area contributed by atoms with E-state index in [1.807, 2.05) is 20.8 Å². The molecule has 0 aromatic heterocycles. The average molecular weight is 363 g/mol. The van der Waals surface area contributed by atoms with Crippen LogP contribution in [0.25, 0.3) is 0 Å². The maximum absolute atomic E-state index is 11.8. The second-order valence-corrected chi connectivity index (χ2v) is 7.04. The minimum absolute atomic E-state index is 0.0426.